The monoisotopic (exact) mass is 476 g/mol. The third-order valence-electron chi connectivity index (χ3n) is 5.18. The van der Waals surface area contributed by atoms with Crippen molar-refractivity contribution in [2.24, 2.45) is 5.73 Å². The standard InChI is InChI=1S/C25H40N4O5/c1-8-9-10-13-27-22(31)21(18-12-11-16(2)14-17(18)3)29(7)23(32)19(15-20(26)30)28-24(33)34-25(4,5)6/h11-12,14,19,21H,8-10,13,15H2,1-7H3,(H2,26,30)(H,27,31)(H,28,33). The summed E-state index contributed by atoms with van der Waals surface area (Å²) < 4.78 is 5.23. The molecule has 2 unspecified atom stereocenters. The maximum atomic E-state index is 13.4. The van der Waals surface area contributed by atoms with Gasteiger partial charge in [0.15, 0.2) is 0 Å². The second-order valence-electron chi connectivity index (χ2n) is 9.58. The first-order valence-corrected chi connectivity index (χ1v) is 11.7. The second kappa shape index (κ2) is 13.0. The number of carbonyl (C=O) groups is 4. The number of carbonyl (C=O) groups excluding carboxylic acids is 4. The molecule has 0 spiro atoms. The van der Waals surface area contributed by atoms with Gasteiger partial charge in [-0.1, -0.05) is 43.5 Å². The minimum absolute atomic E-state index is 0.339. The second-order valence-corrected chi connectivity index (χ2v) is 9.58. The van der Waals surface area contributed by atoms with E-state index in [0.29, 0.717) is 12.1 Å². The molecule has 2 atom stereocenters. The van der Waals surface area contributed by atoms with Gasteiger partial charge in [0.05, 0.1) is 6.42 Å². The number of nitrogens with two attached hydrogens (primary N) is 1. The third kappa shape index (κ3) is 9.41. The van der Waals surface area contributed by atoms with Gasteiger partial charge in [-0.15, -0.1) is 0 Å². The SMILES string of the molecule is CCCCCNC(=O)C(c1ccc(C)cc1C)N(C)C(=O)C(CC(N)=O)NC(=O)OC(C)(C)C. The Labute approximate surface area is 202 Å². The Morgan fingerprint density at radius 1 is 1.12 bits per heavy atom. The van der Waals surface area contributed by atoms with Crippen LogP contribution in [0.4, 0.5) is 4.79 Å². The Morgan fingerprint density at radius 3 is 2.29 bits per heavy atom. The Kier molecular flexibility index (Phi) is 11.0. The molecule has 0 aliphatic rings. The number of nitrogens with zero attached hydrogens (tertiary/aromatic N) is 1. The molecule has 4 amide bonds. The first kappa shape index (κ1) is 28.9. The van der Waals surface area contributed by atoms with Gasteiger partial charge in [-0.05, 0) is 52.2 Å². The highest BCUT2D eigenvalue weighted by atomic mass is 16.6. The predicted molar refractivity (Wildman–Crippen MR) is 131 cm³/mol. The summed E-state index contributed by atoms with van der Waals surface area (Å²) >= 11 is 0. The fraction of sp³-hybridized carbons (Fsp3) is 0.600. The van der Waals surface area contributed by atoms with Gasteiger partial charge in [-0.25, -0.2) is 4.79 Å². The van der Waals surface area contributed by atoms with Crippen LogP contribution >= 0.6 is 0 Å². The summed E-state index contributed by atoms with van der Waals surface area (Å²) in [7, 11) is 1.47. The summed E-state index contributed by atoms with van der Waals surface area (Å²) in [6, 6.07) is 3.39. The summed E-state index contributed by atoms with van der Waals surface area (Å²) in [6.45, 7) is 11.4. The van der Waals surface area contributed by atoms with Gasteiger partial charge in [-0.2, -0.15) is 0 Å². The highest BCUT2D eigenvalue weighted by Gasteiger charge is 2.35. The van der Waals surface area contributed by atoms with Crippen LogP contribution in [-0.2, 0) is 19.1 Å². The van der Waals surface area contributed by atoms with Crippen molar-refractivity contribution in [1.29, 1.82) is 0 Å². The number of aryl methyl sites for hydroxylation is 2. The van der Waals surface area contributed by atoms with Gasteiger partial charge in [-0.3, -0.25) is 14.4 Å². The van der Waals surface area contributed by atoms with E-state index in [9.17, 15) is 19.2 Å². The molecule has 0 fully saturated rings. The highest BCUT2D eigenvalue weighted by Crippen LogP contribution is 2.25. The Balaban J connectivity index is 3.25. The number of amides is 4. The van der Waals surface area contributed by atoms with Crippen LogP contribution in [0.15, 0.2) is 18.2 Å². The fourth-order valence-electron chi connectivity index (χ4n) is 3.57. The molecule has 1 rings (SSSR count). The molecule has 0 bridgehead atoms. The molecule has 9 nitrogen and oxygen atoms in total. The molecule has 0 heterocycles. The van der Waals surface area contributed by atoms with Gasteiger partial charge in [0, 0.05) is 13.6 Å². The molecule has 9 heteroatoms. The van der Waals surface area contributed by atoms with Crippen molar-refractivity contribution in [1.82, 2.24) is 15.5 Å². The molecule has 0 aromatic heterocycles. The predicted octanol–water partition coefficient (Wildman–Crippen LogP) is 2.88. The Bertz CT molecular complexity index is 879. The van der Waals surface area contributed by atoms with Crippen molar-refractivity contribution in [3.8, 4) is 0 Å². The summed E-state index contributed by atoms with van der Waals surface area (Å²) in [5, 5.41) is 5.34. The molecule has 34 heavy (non-hydrogen) atoms. The van der Waals surface area contributed by atoms with E-state index >= 15 is 0 Å². The van der Waals surface area contributed by atoms with Gasteiger partial charge in [0.2, 0.25) is 17.7 Å². The van der Waals surface area contributed by atoms with Crippen LogP contribution in [0, 0.1) is 13.8 Å². The van der Waals surface area contributed by atoms with Gasteiger partial charge in [0.1, 0.15) is 17.7 Å². The normalized spacial score (nSPS) is 12.9. The molecule has 0 aliphatic carbocycles. The van der Waals surface area contributed by atoms with Crippen LogP contribution in [0.1, 0.15) is 76.1 Å². The van der Waals surface area contributed by atoms with Crippen molar-refractivity contribution in [2.75, 3.05) is 13.6 Å². The zero-order valence-corrected chi connectivity index (χ0v) is 21.5. The van der Waals surface area contributed by atoms with E-state index in [4.69, 9.17) is 10.5 Å². The number of likely N-dealkylation sites (N-methyl/N-ethyl adjacent to an activating group) is 1. The number of nitrogens with one attached hydrogen (secondary N) is 2. The van der Waals surface area contributed by atoms with Gasteiger partial charge in [0.25, 0.3) is 0 Å². The molecule has 1 aromatic rings. The molecular weight excluding hydrogens is 436 g/mol. The van der Waals surface area contributed by atoms with E-state index in [-0.39, 0.29) is 5.91 Å². The number of primary amides is 1. The number of hydrogen-bond acceptors (Lipinski definition) is 5. The average Bonchev–Trinajstić information content (AvgIpc) is 2.70. The number of alkyl carbamates (subject to hydrolysis) is 1. The van der Waals surface area contributed by atoms with Gasteiger partial charge < -0.3 is 26.0 Å². The van der Waals surface area contributed by atoms with Crippen molar-refractivity contribution in [3.05, 3.63) is 34.9 Å². The fourth-order valence-corrected chi connectivity index (χ4v) is 3.57. The van der Waals surface area contributed by atoms with E-state index < -0.39 is 42.0 Å². The van der Waals surface area contributed by atoms with Crippen molar-refractivity contribution in [2.45, 2.75) is 84.9 Å². The number of rotatable bonds is 11. The lowest BCUT2D eigenvalue weighted by Crippen LogP contribution is -2.53. The maximum Gasteiger partial charge on any atom is 0.408 e. The lowest BCUT2D eigenvalue weighted by molar-refractivity contribution is -0.141. The Morgan fingerprint density at radius 2 is 1.76 bits per heavy atom. The zero-order valence-electron chi connectivity index (χ0n) is 21.5. The van der Waals surface area contributed by atoms with E-state index in [2.05, 4.69) is 17.6 Å². The summed E-state index contributed by atoms with van der Waals surface area (Å²) in [5.74, 6) is -1.73. The van der Waals surface area contributed by atoms with Gasteiger partial charge >= 0.3 is 6.09 Å². The summed E-state index contributed by atoms with van der Waals surface area (Å²) in [5.41, 5.74) is 7.07. The van der Waals surface area contributed by atoms with Crippen LogP contribution in [0.3, 0.4) is 0 Å². The number of benzene rings is 1. The maximum absolute atomic E-state index is 13.4. The van der Waals surface area contributed by atoms with E-state index in [1.165, 1.54) is 11.9 Å². The van der Waals surface area contributed by atoms with Crippen molar-refractivity contribution >= 4 is 23.8 Å². The largest absolute Gasteiger partial charge is 0.444 e. The number of unbranched alkanes of at least 4 members (excludes halogenated alkanes) is 2. The molecule has 0 radical (unpaired) electrons. The van der Waals surface area contributed by atoms with Crippen LogP contribution < -0.4 is 16.4 Å². The molecule has 0 saturated heterocycles. The molecule has 190 valence electrons. The van der Waals surface area contributed by atoms with Crippen LogP contribution in [0.5, 0.6) is 0 Å². The average molecular weight is 477 g/mol. The third-order valence-corrected chi connectivity index (χ3v) is 5.18. The summed E-state index contributed by atoms with van der Waals surface area (Å²) in [4.78, 5) is 51.9. The first-order valence-electron chi connectivity index (χ1n) is 11.7. The van der Waals surface area contributed by atoms with Crippen LogP contribution in [0.2, 0.25) is 0 Å². The van der Waals surface area contributed by atoms with Crippen LogP contribution in [0.25, 0.3) is 0 Å². The van der Waals surface area contributed by atoms with E-state index in [1.807, 2.05) is 32.0 Å². The lowest BCUT2D eigenvalue weighted by atomic mass is 9.96. The van der Waals surface area contributed by atoms with Crippen molar-refractivity contribution < 1.29 is 23.9 Å². The minimum atomic E-state index is -1.28. The minimum Gasteiger partial charge on any atom is -0.444 e. The molecular formula is C25H40N4O5. The van der Waals surface area contributed by atoms with Crippen molar-refractivity contribution in [3.63, 3.8) is 0 Å². The van der Waals surface area contributed by atoms with E-state index in [1.54, 1.807) is 20.8 Å². The molecule has 0 aliphatic heterocycles. The Hall–Kier alpha value is -3.10. The highest BCUT2D eigenvalue weighted by molar-refractivity contribution is 5.94. The number of ether oxygens (including phenoxy) is 1. The quantitative estimate of drug-likeness (QED) is 0.423. The lowest BCUT2D eigenvalue weighted by Gasteiger charge is -2.32. The topological polar surface area (TPSA) is 131 Å². The first-order chi connectivity index (χ1) is 15.8. The molecule has 4 N–H and O–H groups in total. The van der Waals surface area contributed by atoms with Crippen LogP contribution in [-0.4, -0.2) is 54.0 Å². The zero-order chi connectivity index (χ0) is 26.1. The molecule has 0 saturated carbocycles. The smallest absolute Gasteiger partial charge is 0.408 e. The molecule has 1 aromatic carbocycles. The number of hydrogen-bond donors (Lipinski definition) is 3. The summed E-state index contributed by atoms with van der Waals surface area (Å²) in [6.07, 6.45) is 1.53. The van der Waals surface area contributed by atoms with E-state index in [0.717, 1.165) is 30.4 Å².